The number of anilines is 2. The van der Waals surface area contributed by atoms with E-state index in [9.17, 15) is 22.8 Å². The minimum atomic E-state index is -4.35. The molecule has 7 nitrogen and oxygen atoms in total. The van der Waals surface area contributed by atoms with Gasteiger partial charge in [-0.1, -0.05) is 12.1 Å². The Balaban J connectivity index is 1.39. The molecule has 3 rings (SSSR count). The van der Waals surface area contributed by atoms with Crippen LogP contribution in [0, 0.1) is 6.92 Å². The third-order valence-corrected chi connectivity index (χ3v) is 5.75. The number of hydrogen-bond donors (Lipinski definition) is 2. The van der Waals surface area contributed by atoms with Crippen LogP contribution in [0.4, 0.5) is 29.3 Å². The summed E-state index contributed by atoms with van der Waals surface area (Å²) in [7, 11) is 1.30. The van der Waals surface area contributed by atoms with Crippen LogP contribution in [0.2, 0.25) is 0 Å². The van der Waals surface area contributed by atoms with Gasteiger partial charge in [0.1, 0.15) is 0 Å². The summed E-state index contributed by atoms with van der Waals surface area (Å²) in [4.78, 5) is 28.1. The number of benzene rings is 2. The lowest BCUT2D eigenvalue weighted by molar-refractivity contribution is -0.137. The molecule has 0 radical (unpaired) electrons. The van der Waals surface area contributed by atoms with Crippen molar-refractivity contribution in [2.75, 3.05) is 56.6 Å². The molecule has 10 heteroatoms. The Labute approximate surface area is 196 Å². The maximum absolute atomic E-state index is 13.0. The number of nitrogens with one attached hydrogen (secondary N) is 2. The lowest BCUT2D eigenvalue weighted by atomic mass is 10.1. The molecule has 0 bridgehead atoms. The first-order valence-electron chi connectivity index (χ1n) is 11.1. The van der Waals surface area contributed by atoms with Crippen molar-refractivity contribution in [3.05, 3.63) is 59.2 Å². The van der Waals surface area contributed by atoms with E-state index in [-0.39, 0.29) is 6.03 Å². The van der Waals surface area contributed by atoms with Crippen molar-refractivity contribution in [2.45, 2.75) is 19.5 Å². The van der Waals surface area contributed by atoms with E-state index >= 15 is 0 Å². The predicted octanol–water partition coefficient (Wildman–Crippen LogP) is 4.13. The standard InChI is InChI=1S/C24H29F3N4O3/c1-17-7-8-18(22(32)34-2)15-21(17)29-23(33)28-9-4-10-30-11-13-31(14-12-30)20-6-3-5-19(16-20)24(25,26)27/h3,5-8,15-16H,4,9-14H2,1-2H3,(H2,28,29,33). The molecule has 0 atom stereocenters. The maximum atomic E-state index is 13.0. The number of amides is 2. The third-order valence-electron chi connectivity index (χ3n) is 5.75. The van der Waals surface area contributed by atoms with E-state index in [1.807, 2.05) is 11.8 Å². The first kappa shape index (κ1) is 25.4. The molecule has 1 aliphatic heterocycles. The van der Waals surface area contributed by atoms with Gasteiger partial charge < -0.3 is 20.3 Å². The molecule has 2 N–H and O–H groups in total. The Bertz CT molecular complexity index is 1010. The molecule has 2 amide bonds. The summed E-state index contributed by atoms with van der Waals surface area (Å²) in [5.74, 6) is -0.475. The summed E-state index contributed by atoms with van der Waals surface area (Å²) in [5.41, 5.74) is 1.66. The summed E-state index contributed by atoms with van der Waals surface area (Å²) < 4.78 is 43.6. The number of rotatable bonds is 7. The Kier molecular flexibility index (Phi) is 8.38. The lowest BCUT2D eigenvalue weighted by Gasteiger charge is -2.36. The molecule has 2 aromatic rings. The molecule has 0 aromatic heterocycles. The van der Waals surface area contributed by atoms with Gasteiger partial charge in [-0.2, -0.15) is 13.2 Å². The van der Waals surface area contributed by atoms with Crippen LogP contribution in [0.3, 0.4) is 0 Å². The van der Waals surface area contributed by atoms with Crippen molar-refractivity contribution in [2.24, 2.45) is 0 Å². The monoisotopic (exact) mass is 478 g/mol. The molecule has 0 aliphatic carbocycles. The summed E-state index contributed by atoms with van der Waals surface area (Å²) in [5, 5.41) is 5.55. The summed E-state index contributed by atoms with van der Waals surface area (Å²) in [6.45, 7) is 5.83. The first-order valence-corrected chi connectivity index (χ1v) is 11.1. The molecule has 1 saturated heterocycles. The molecule has 34 heavy (non-hydrogen) atoms. The van der Waals surface area contributed by atoms with Crippen LogP contribution in [0.25, 0.3) is 0 Å². The molecule has 184 valence electrons. The van der Waals surface area contributed by atoms with Crippen molar-refractivity contribution in [1.82, 2.24) is 10.2 Å². The van der Waals surface area contributed by atoms with Gasteiger partial charge in [-0.05, 0) is 55.8 Å². The van der Waals surface area contributed by atoms with Crippen LogP contribution >= 0.6 is 0 Å². The van der Waals surface area contributed by atoms with Gasteiger partial charge in [0.25, 0.3) is 0 Å². The van der Waals surface area contributed by atoms with E-state index in [1.54, 1.807) is 24.3 Å². The van der Waals surface area contributed by atoms with E-state index in [4.69, 9.17) is 4.74 Å². The lowest BCUT2D eigenvalue weighted by Crippen LogP contribution is -2.47. The molecule has 1 aliphatic rings. The molecular formula is C24H29F3N4O3. The fourth-order valence-corrected chi connectivity index (χ4v) is 3.78. The summed E-state index contributed by atoms with van der Waals surface area (Å²) in [6.07, 6.45) is -3.61. The largest absolute Gasteiger partial charge is 0.465 e. The number of aryl methyl sites for hydroxylation is 1. The summed E-state index contributed by atoms with van der Waals surface area (Å²) in [6, 6.07) is 10.0. The van der Waals surface area contributed by atoms with Crippen LogP contribution in [0.1, 0.15) is 27.9 Å². The highest BCUT2D eigenvalue weighted by atomic mass is 19.4. The van der Waals surface area contributed by atoms with E-state index in [0.29, 0.717) is 36.6 Å². The van der Waals surface area contributed by atoms with Crippen molar-refractivity contribution in [3.8, 4) is 0 Å². The number of esters is 1. The number of hydrogen-bond acceptors (Lipinski definition) is 5. The van der Waals surface area contributed by atoms with Gasteiger partial charge in [0.2, 0.25) is 0 Å². The predicted molar refractivity (Wildman–Crippen MR) is 124 cm³/mol. The van der Waals surface area contributed by atoms with Gasteiger partial charge >= 0.3 is 18.2 Å². The van der Waals surface area contributed by atoms with Gasteiger partial charge in [0, 0.05) is 44.1 Å². The third kappa shape index (κ3) is 6.86. The fraction of sp³-hybridized carbons (Fsp3) is 0.417. The first-order chi connectivity index (χ1) is 16.2. The highest BCUT2D eigenvalue weighted by Crippen LogP contribution is 2.31. The number of ether oxygens (including phenoxy) is 1. The Morgan fingerprint density at radius 1 is 1.06 bits per heavy atom. The topological polar surface area (TPSA) is 73.9 Å². The second-order valence-corrected chi connectivity index (χ2v) is 8.13. The number of carbonyl (C=O) groups is 2. The van der Waals surface area contributed by atoms with Gasteiger partial charge in [-0.25, -0.2) is 9.59 Å². The number of carbonyl (C=O) groups excluding carboxylic acids is 2. The van der Waals surface area contributed by atoms with Crippen molar-refractivity contribution in [3.63, 3.8) is 0 Å². The number of urea groups is 1. The minimum absolute atomic E-state index is 0.354. The second kappa shape index (κ2) is 11.2. The normalized spacial score (nSPS) is 14.6. The molecule has 1 heterocycles. The van der Waals surface area contributed by atoms with Crippen LogP contribution in [0.5, 0.6) is 0 Å². The number of alkyl halides is 3. The highest BCUT2D eigenvalue weighted by Gasteiger charge is 2.31. The van der Waals surface area contributed by atoms with E-state index in [2.05, 4.69) is 15.5 Å². The molecule has 2 aromatic carbocycles. The van der Waals surface area contributed by atoms with Crippen LogP contribution in [-0.4, -0.2) is 63.3 Å². The maximum Gasteiger partial charge on any atom is 0.416 e. The van der Waals surface area contributed by atoms with Crippen LogP contribution < -0.4 is 15.5 Å². The smallest absolute Gasteiger partial charge is 0.416 e. The summed E-state index contributed by atoms with van der Waals surface area (Å²) >= 11 is 0. The van der Waals surface area contributed by atoms with Gasteiger partial charge in [0.15, 0.2) is 0 Å². The van der Waals surface area contributed by atoms with Gasteiger partial charge in [-0.3, -0.25) is 4.90 Å². The molecule has 1 fully saturated rings. The van der Waals surface area contributed by atoms with Crippen molar-refractivity contribution in [1.29, 1.82) is 0 Å². The number of piperazine rings is 1. The van der Waals surface area contributed by atoms with Crippen molar-refractivity contribution < 1.29 is 27.5 Å². The minimum Gasteiger partial charge on any atom is -0.465 e. The highest BCUT2D eigenvalue weighted by molar-refractivity contribution is 5.94. The number of nitrogens with zero attached hydrogens (tertiary/aromatic N) is 2. The zero-order chi connectivity index (χ0) is 24.7. The Morgan fingerprint density at radius 2 is 1.79 bits per heavy atom. The zero-order valence-electron chi connectivity index (χ0n) is 19.2. The fourth-order valence-electron chi connectivity index (χ4n) is 3.78. The van der Waals surface area contributed by atoms with E-state index in [1.165, 1.54) is 19.2 Å². The second-order valence-electron chi connectivity index (χ2n) is 8.13. The molecule has 0 unspecified atom stereocenters. The number of methoxy groups -OCH3 is 1. The SMILES string of the molecule is COC(=O)c1ccc(C)c(NC(=O)NCCCN2CCN(c3cccc(C(F)(F)F)c3)CC2)c1. The molecule has 0 spiro atoms. The molecular weight excluding hydrogens is 449 g/mol. The van der Waals surface area contributed by atoms with Crippen molar-refractivity contribution >= 4 is 23.4 Å². The quantitative estimate of drug-likeness (QED) is 0.462. The van der Waals surface area contributed by atoms with E-state index in [0.717, 1.165) is 37.7 Å². The Hall–Kier alpha value is -3.27. The Morgan fingerprint density at radius 3 is 2.47 bits per heavy atom. The van der Waals surface area contributed by atoms with Gasteiger partial charge in [-0.15, -0.1) is 0 Å². The average molecular weight is 479 g/mol. The van der Waals surface area contributed by atoms with Gasteiger partial charge in [0.05, 0.1) is 18.2 Å². The average Bonchev–Trinajstić information content (AvgIpc) is 2.82. The van der Waals surface area contributed by atoms with Crippen LogP contribution in [-0.2, 0) is 10.9 Å². The number of halogens is 3. The zero-order valence-corrected chi connectivity index (χ0v) is 19.2. The van der Waals surface area contributed by atoms with E-state index < -0.39 is 17.7 Å². The van der Waals surface area contributed by atoms with Crippen LogP contribution in [0.15, 0.2) is 42.5 Å². The molecule has 0 saturated carbocycles.